The normalized spacial score (nSPS) is 21.8. The number of esters is 1. The van der Waals surface area contributed by atoms with Crippen molar-refractivity contribution in [2.24, 2.45) is 5.92 Å². The van der Waals surface area contributed by atoms with Crippen LogP contribution in [0.25, 0.3) is 10.2 Å². The van der Waals surface area contributed by atoms with Crippen LogP contribution in [-0.2, 0) is 16.1 Å². The number of aryl methyl sites for hydroxylation is 1. The highest BCUT2D eigenvalue weighted by Gasteiger charge is 2.35. The van der Waals surface area contributed by atoms with Crippen LogP contribution in [0.15, 0.2) is 11.1 Å². The van der Waals surface area contributed by atoms with Crippen LogP contribution in [0.4, 0.5) is 0 Å². The summed E-state index contributed by atoms with van der Waals surface area (Å²) in [6.07, 6.45) is 8.35. The molecule has 0 N–H and O–H groups in total. The van der Waals surface area contributed by atoms with Crippen LogP contribution in [0.2, 0.25) is 0 Å². The third kappa shape index (κ3) is 3.70. The number of ether oxygens (including phenoxy) is 1. The first-order valence-electron chi connectivity index (χ1n) is 10.5. The van der Waals surface area contributed by atoms with E-state index in [9.17, 15) is 14.4 Å². The van der Waals surface area contributed by atoms with E-state index in [1.54, 1.807) is 13.8 Å². The minimum atomic E-state index is -0.438. The molecule has 1 aliphatic carbocycles. The van der Waals surface area contributed by atoms with E-state index in [1.807, 2.05) is 4.90 Å². The minimum absolute atomic E-state index is 0.00494. The number of piperidine rings is 1. The van der Waals surface area contributed by atoms with Crippen molar-refractivity contribution in [3.63, 3.8) is 0 Å². The Morgan fingerprint density at radius 2 is 2.00 bits per heavy atom. The van der Waals surface area contributed by atoms with E-state index in [0.29, 0.717) is 32.6 Å². The molecule has 2 aliphatic rings. The maximum absolute atomic E-state index is 13.1. The van der Waals surface area contributed by atoms with Gasteiger partial charge in [-0.3, -0.25) is 14.2 Å². The number of aromatic nitrogens is 2. The van der Waals surface area contributed by atoms with Crippen molar-refractivity contribution >= 4 is 33.4 Å². The largest absolute Gasteiger partial charge is 0.462 e. The van der Waals surface area contributed by atoms with Crippen molar-refractivity contribution in [3.05, 3.63) is 27.1 Å². The zero-order valence-electron chi connectivity index (χ0n) is 17.0. The Labute approximate surface area is 173 Å². The summed E-state index contributed by atoms with van der Waals surface area (Å²) in [4.78, 5) is 45.5. The molecule has 0 bridgehead atoms. The van der Waals surface area contributed by atoms with Gasteiger partial charge < -0.3 is 9.64 Å². The van der Waals surface area contributed by atoms with Crippen molar-refractivity contribution < 1.29 is 14.3 Å². The van der Waals surface area contributed by atoms with Crippen molar-refractivity contribution in [1.82, 2.24) is 14.5 Å². The van der Waals surface area contributed by atoms with Crippen molar-refractivity contribution in [1.29, 1.82) is 0 Å². The molecule has 1 saturated heterocycles. The van der Waals surface area contributed by atoms with E-state index in [4.69, 9.17) is 4.74 Å². The summed E-state index contributed by atoms with van der Waals surface area (Å²) >= 11 is 1.16. The minimum Gasteiger partial charge on any atom is -0.462 e. The molecule has 2 fully saturated rings. The maximum atomic E-state index is 13.1. The molecule has 3 heterocycles. The standard InChI is InChI=1S/C21H27N3O4S/c1-3-28-21(27)18-13(2)17-19(29-18)22-12-23(20(17)26)11-16(25)24-10-6-8-14-7-4-5-9-15(14)24/h12,14-15H,3-11H2,1-2H3/t14-,15-/m1/s1. The van der Waals surface area contributed by atoms with Gasteiger partial charge in [0.2, 0.25) is 5.91 Å². The van der Waals surface area contributed by atoms with E-state index in [-0.39, 0.29) is 24.6 Å². The highest BCUT2D eigenvalue weighted by Crippen LogP contribution is 2.35. The molecule has 2 aromatic rings. The van der Waals surface area contributed by atoms with Crippen LogP contribution >= 0.6 is 11.3 Å². The average Bonchev–Trinajstić information content (AvgIpc) is 3.07. The van der Waals surface area contributed by atoms with Crippen molar-refractivity contribution in [3.8, 4) is 0 Å². The van der Waals surface area contributed by atoms with Gasteiger partial charge in [0.15, 0.2) is 0 Å². The molecule has 29 heavy (non-hydrogen) atoms. The van der Waals surface area contributed by atoms with Crippen LogP contribution in [0.1, 0.15) is 60.7 Å². The number of nitrogens with zero attached hydrogens (tertiary/aromatic N) is 3. The third-order valence-corrected chi connectivity index (χ3v) is 7.43. The Morgan fingerprint density at radius 3 is 2.79 bits per heavy atom. The molecule has 0 radical (unpaired) electrons. The van der Waals surface area contributed by atoms with Crippen LogP contribution in [0, 0.1) is 12.8 Å². The highest BCUT2D eigenvalue weighted by atomic mass is 32.1. The number of thiophene rings is 1. The topological polar surface area (TPSA) is 81.5 Å². The molecule has 8 heteroatoms. The number of hydrogen-bond acceptors (Lipinski definition) is 6. The number of fused-ring (bicyclic) bond motifs is 2. The first-order valence-corrected chi connectivity index (χ1v) is 11.3. The molecule has 156 valence electrons. The Morgan fingerprint density at radius 1 is 1.24 bits per heavy atom. The number of likely N-dealkylation sites (tertiary alicyclic amines) is 1. The van der Waals surface area contributed by atoms with E-state index in [2.05, 4.69) is 4.98 Å². The van der Waals surface area contributed by atoms with Gasteiger partial charge in [0.1, 0.15) is 16.3 Å². The summed E-state index contributed by atoms with van der Waals surface area (Å²) in [5, 5.41) is 0.405. The lowest BCUT2D eigenvalue weighted by Crippen LogP contribution is -2.51. The molecule has 1 aliphatic heterocycles. The predicted molar refractivity (Wildman–Crippen MR) is 111 cm³/mol. The first kappa shape index (κ1) is 20.1. The second-order valence-electron chi connectivity index (χ2n) is 7.98. The van der Waals surface area contributed by atoms with E-state index >= 15 is 0 Å². The fourth-order valence-electron chi connectivity index (χ4n) is 4.83. The van der Waals surface area contributed by atoms with Gasteiger partial charge in [-0.05, 0) is 51.0 Å². The van der Waals surface area contributed by atoms with Crippen LogP contribution in [0.3, 0.4) is 0 Å². The summed E-state index contributed by atoms with van der Waals surface area (Å²) in [5.74, 6) is 0.153. The van der Waals surface area contributed by atoms with Gasteiger partial charge in [0.25, 0.3) is 5.56 Å². The van der Waals surface area contributed by atoms with Gasteiger partial charge in [0.05, 0.1) is 18.3 Å². The highest BCUT2D eigenvalue weighted by molar-refractivity contribution is 7.20. The summed E-state index contributed by atoms with van der Waals surface area (Å²) in [5.41, 5.74) is 0.304. The lowest BCUT2D eigenvalue weighted by atomic mass is 9.78. The van der Waals surface area contributed by atoms with Gasteiger partial charge in [-0.15, -0.1) is 11.3 Å². The second-order valence-corrected chi connectivity index (χ2v) is 8.97. The van der Waals surface area contributed by atoms with Gasteiger partial charge in [-0.25, -0.2) is 9.78 Å². The number of carbonyl (C=O) groups is 2. The molecule has 7 nitrogen and oxygen atoms in total. The Hall–Kier alpha value is -2.22. The Kier molecular flexibility index (Phi) is 5.72. The second kappa shape index (κ2) is 8.26. The number of rotatable bonds is 4. The number of hydrogen-bond donors (Lipinski definition) is 0. The Balaban J connectivity index is 1.60. The van der Waals surface area contributed by atoms with Gasteiger partial charge >= 0.3 is 5.97 Å². The molecule has 2 aromatic heterocycles. The molecule has 0 aromatic carbocycles. The molecule has 0 unspecified atom stereocenters. The smallest absolute Gasteiger partial charge is 0.348 e. The summed E-state index contributed by atoms with van der Waals surface area (Å²) in [7, 11) is 0. The lowest BCUT2D eigenvalue weighted by Gasteiger charge is -2.44. The predicted octanol–water partition coefficient (Wildman–Crippen LogP) is 3.12. The van der Waals surface area contributed by atoms with Crippen LogP contribution < -0.4 is 5.56 Å². The monoisotopic (exact) mass is 417 g/mol. The summed E-state index contributed by atoms with van der Waals surface area (Å²) in [6, 6.07) is 0.315. The van der Waals surface area contributed by atoms with Crippen molar-refractivity contribution in [2.45, 2.75) is 65.0 Å². The molecule has 0 spiro atoms. The zero-order chi connectivity index (χ0) is 20.5. The summed E-state index contributed by atoms with van der Waals surface area (Å²) < 4.78 is 6.46. The van der Waals surface area contributed by atoms with Crippen LogP contribution in [-0.4, -0.2) is 45.5 Å². The van der Waals surface area contributed by atoms with E-state index < -0.39 is 5.97 Å². The Bertz CT molecular complexity index is 994. The third-order valence-electron chi connectivity index (χ3n) is 6.25. The van der Waals surface area contributed by atoms with Crippen molar-refractivity contribution in [2.75, 3.05) is 13.2 Å². The molecule has 2 atom stereocenters. The molecular weight excluding hydrogens is 390 g/mol. The SMILES string of the molecule is CCOC(=O)c1sc2ncn(CC(=O)N3CCC[C@H]4CCCC[C@H]43)c(=O)c2c1C. The zero-order valence-corrected chi connectivity index (χ0v) is 17.8. The molecule has 4 rings (SSSR count). The molecule has 1 saturated carbocycles. The average molecular weight is 418 g/mol. The maximum Gasteiger partial charge on any atom is 0.348 e. The lowest BCUT2D eigenvalue weighted by molar-refractivity contribution is -0.138. The fourth-order valence-corrected chi connectivity index (χ4v) is 5.87. The van der Waals surface area contributed by atoms with Gasteiger partial charge in [-0.2, -0.15) is 0 Å². The summed E-state index contributed by atoms with van der Waals surface area (Å²) in [6.45, 7) is 4.52. The van der Waals surface area contributed by atoms with Gasteiger partial charge in [0, 0.05) is 12.6 Å². The van der Waals surface area contributed by atoms with E-state index in [0.717, 1.165) is 30.7 Å². The molecular formula is C21H27N3O4S. The number of carbonyl (C=O) groups excluding carboxylic acids is 2. The van der Waals surface area contributed by atoms with Crippen LogP contribution in [0.5, 0.6) is 0 Å². The quantitative estimate of drug-likeness (QED) is 0.714. The first-order chi connectivity index (χ1) is 14.0. The molecule has 1 amide bonds. The van der Waals surface area contributed by atoms with Gasteiger partial charge in [-0.1, -0.05) is 12.8 Å². The van der Waals surface area contributed by atoms with E-state index in [1.165, 1.54) is 36.6 Å². The number of amides is 1. The fraction of sp³-hybridized carbons (Fsp3) is 0.619.